The topological polar surface area (TPSA) is 102 Å². The van der Waals surface area contributed by atoms with Gasteiger partial charge in [-0.2, -0.15) is 0 Å². The van der Waals surface area contributed by atoms with Crippen LogP contribution in [0.3, 0.4) is 0 Å². The Morgan fingerprint density at radius 2 is 2.11 bits per heavy atom. The Morgan fingerprint density at radius 1 is 1.44 bits per heavy atom. The lowest BCUT2D eigenvalue weighted by Crippen LogP contribution is -2.34. The van der Waals surface area contributed by atoms with Gasteiger partial charge in [0.15, 0.2) is 6.61 Å². The number of amides is 1. The number of nitrogens with one attached hydrogen (secondary N) is 1. The van der Waals surface area contributed by atoms with Crippen molar-refractivity contribution >= 4 is 17.6 Å². The fourth-order valence-electron chi connectivity index (χ4n) is 1.34. The van der Waals surface area contributed by atoms with E-state index in [1.54, 1.807) is 0 Å². The summed E-state index contributed by atoms with van der Waals surface area (Å²) in [5, 5.41) is 11.5. The lowest BCUT2D eigenvalue weighted by atomic mass is 10.2. The Balaban J connectivity index is 2.61. The second kappa shape index (κ2) is 5.90. The number of hydrogen-bond acceptors (Lipinski definition) is 4. The van der Waals surface area contributed by atoms with Crippen molar-refractivity contribution in [2.24, 2.45) is 0 Å². The van der Waals surface area contributed by atoms with Gasteiger partial charge in [-0.05, 0) is 26.0 Å². The van der Waals surface area contributed by atoms with Crippen LogP contribution in [0.4, 0.5) is 5.69 Å². The number of anilines is 1. The van der Waals surface area contributed by atoms with Crippen molar-refractivity contribution in [2.75, 3.05) is 12.3 Å². The molecule has 0 heterocycles. The van der Waals surface area contributed by atoms with Gasteiger partial charge in [-0.25, -0.2) is 4.79 Å². The Hall–Kier alpha value is -2.24. The Morgan fingerprint density at radius 3 is 2.61 bits per heavy atom. The van der Waals surface area contributed by atoms with E-state index < -0.39 is 5.97 Å². The first kappa shape index (κ1) is 13.8. The lowest BCUT2D eigenvalue weighted by molar-refractivity contribution is -0.123. The van der Waals surface area contributed by atoms with E-state index in [9.17, 15) is 9.59 Å². The summed E-state index contributed by atoms with van der Waals surface area (Å²) in [5.74, 6) is -0.987. The number of carboxylic acids is 1. The van der Waals surface area contributed by atoms with E-state index in [0.717, 1.165) is 0 Å². The molecule has 0 aliphatic rings. The van der Waals surface area contributed by atoms with Gasteiger partial charge in [0.05, 0.1) is 5.56 Å². The molecule has 0 saturated carbocycles. The van der Waals surface area contributed by atoms with Gasteiger partial charge in [-0.15, -0.1) is 0 Å². The summed E-state index contributed by atoms with van der Waals surface area (Å²) in [4.78, 5) is 22.1. The van der Waals surface area contributed by atoms with Crippen LogP contribution in [0.1, 0.15) is 24.2 Å². The minimum atomic E-state index is -1.10. The maximum Gasteiger partial charge on any atom is 0.337 e. The highest BCUT2D eigenvalue weighted by atomic mass is 16.5. The van der Waals surface area contributed by atoms with E-state index in [4.69, 9.17) is 15.6 Å². The zero-order chi connectivity index (χ0) is 13.7. The molecule has 1 aromatic carbocycles. The van der Waals surface area contributed by atoms with Crippen LogP contribution in [0.25, 0.3) is 0 Å². The van der Waals surface area contributed by atoms with Gasteiger partial charge in [0.1, 0.15) is 5.75 Å². The third-order valence-corrected chi connectivity index (χ3v) is 2.07. The quantitative estimate of drug-likeness (QED) is 0.675. The molecule has 0 radical (unpaired) electrons. The van der Waals surface area contributed by atoms with Gasteiger partial charge in [0.25, 0.3) is 5.91 Å². The molecule has 1 rings (SSSR count). The molecular weight excluding hydrogens is 236 g/mol. The molecule has 0 spiro atoms. The Bertz CT molecular complexity index is 457. The van der Waals surface area contributed by atoms with Crippen molar-refractivity contribution in [1.29, 1.82) is 0 Å². The van der Waals surface area contributed by atoms with Gasteiger partial charge in [0.2, 0.25) is 0 Å². The molecule has 0 bridgehead atoms. The molecule has 0 atom stereocenters. The van der Waals surface area contributed by atoms with E-state index >= 15 is 0 Å². The van der Waals surface area contributed by atoms with E-state index in [-0.39, 0.29) is 29.8 Å². The van der Waals surface area contributed by atoms with Gasteiger partial charge in [-0.1, -0.05) is 0 Å². The second-order valence-electron chi connectivity index (χ2n) is 4.07. The fourth-order valence-corrected chi connectivity index (χ4v) is 1.34. The Kier molecular flexibility index (Phi) is 4.53. The normalized spacial score (nSPS) is 10.2. The molecule has 0 saturated heterocycles. The number of carbonyl (C=O) groups excluding carboxylic acids is 1. The number of nitrogens with two attached hydrogens (primary N) is 1. The number of hydrogen-bond donors (Lipinski definition) is 3. The molecule has 18 heavy (non-hydrogen) atoms. The molecule has 6 nitrogen and oxygen atoms in total. The lowest BCUT2D eigenvalue weighted by Gasteiger charge is -2.10. The van der Waals surface area contributed by atoms with Crippen LogP contribution < -0.4 is 15.8 Å². The standard InChI is InChI=1S/C12H16N2O4/c1-7(2)14-11(15)6-18-8-3-4-9(12(16)17)10(13)5-8/h3-5,7H,6,13H2,1-2H3,(H,14,15)(H,16,17). The molecule has 1 amide bonds. The van der Waals surface area contributed by atoms with Crippen molar-refractivity contribution in [3.05, 3.63) is 23.8 Å². The predicted molar refractivity (Wildman–Crippen MR) is 66.6 cm³/mol. The Labute approximate surface area is 105 Å². The molecule has 1 aromatic rings. The largest absolute Gasteiger partial charge is 0.484 e. The van der Waals surface area contributed by atoms with Gasteiger partial charge < -0.3 is 20.9 Å². The summed E-state index contributed by atoms with van der Waals surface area (Å²) in [6.45, 7) is 3.55. The highest BCUT2D eigenvalue weighted by molar-refractivity contribution is 5.93. The SMILES string of the molecule is CC(C)NC(=O)COc1ccc(C(=O)O)c(N)c1. The summed E-state index contributed by atoms with van der Waals surface area (Å²) in [5.41, 5.74) is 5.66. The zero-order valence-corrected chi connectivity index (χ0v) is 10.3. The molecule has 4 N–H and O–H groups in total. The fraction of sp³-hybridized carbons (Fsp3) is 0.333. The van der Waals surface area contributed by atoms with Crippen molar-refractivity contribution in [3.63, 3.8) is 0 Å². The smallest absolute Gasteiger partial charge is 0.337 e. The highest BCUT2D eigenvalue weighted by Gasteiger charge is 2.09. The van der Waals surface area contributed by atoms with Crippen LogP contribution in [-0.4, -0.2) is 29.6 Å². The van der Waals surface area contributed by atoms with Crippen LogP contribution in [0.2, 0.25) is 0 Å². The van der Waals surface area contributed by atoms with E-state index in [1.165, 1.54) is 18.2 Å². The van der Waals surface area contributed by atoms with Crippen molar-refractivity contribution in [3.8, 4) is 5.75 Å². The summed E-state index contributed by atoms with van der Waals surface area (Å²) in [6, 6.07) is 4.22. The van der Waals surface area contributed by atoms with Gasteiger partial charge >= 0.3 is 5.97 Å². The zero-order valence-electron chi connectivity index (χ0n) is 10.3. The second-order valence-corrected chi connectivity index (χ2v) is 4.07. The maximum absolute atomic E-state index is 11.3. The molecule has 6 heteroatoms. The summed E-state index contributed by atoms with van der Waals surface area (Å²) >= 11 is 0. The number of aromatic carboxylic acids is 1. The first-order chi connectivity index (χ1) is 8.40. The van der Waals surface area contributed by atoms with Crippen LogP contribution in [0.15, 0.2) is 18.2 Å². The first-order valence-corrected chi connectivity index (χ1v) is 5.45. The average molecular weight is 252 g/mol. The maximum atomic E-state index is 11.3. The van der Waals surface area contributed by atoms with Crippen molar-refractivity contribution < 1.29 is 19.4 Å². The van der Waals surface area contributed by atoms with E-state index in [0.29, 0.717) is 5.75 Å². The van der Waals surface area contributed by atoms with Crippen molar-refractivity contribution in [2.45, 2.75) is 19.9 Å². The van der Waals surface area contributed by atoms with E-state index in [1.807, 2.05) is 13.8 Å². The number of nitrogen functional groups attached to an aromatic ring is 1. The molecule has 98 valence electrons. The van der Waals surface area contributed by atoms with Gasteiger partial charge in [-0.3, -0.25) is 4.79 Å². The summed E-state index contributed by atoms with van der Waals surface area (Å²) in [7, 11) is 0. The first-order valence-electron chi connectivity index (χ1n) is 5.45. The number of carbonyl (C=O) groups is 2. The van der Waals surface area contributed by atoms with Crippen molar-refractivity contribution in [1.82, 2.24) is 5.32 Å². The van der Waals surface area contributed by atoms with Crippen LogP contribution in [0, 0.1) is 0 Å². The van der Waals surface area contributed by atoms with Gasteiger partial charge in [0, 0.05) is 17.8 Å². The number of rotatable bonds is 5. The van der Waals surface area contributed by atoms with Crippen LogP contribution >= 0.6 is 0 Å². The number of benzene rings is 1. The minimum absolute atomic E-state index is 0.00832. The molecule has 0 unspecified atom stereocenters. The third kappa shape index (κ3) is 3.97. The van der Waals surface area contributed by atoms with Crippen LogP contribution in [0.5, 0.6) is 5.75 Å². The monoisotopic (exact) mass is 252 g/mol. The third-order valence-electron chi connectivity index (χ3n) is 2.07. The average Bonchev–Trinajstić information content (AvgIpc) is 2.25. The minimum Gasteiger partial charge on any atom is -0.484 e. The molecule has 0 fully saturated rings. The summed E-state index contributed by atoms with van der Waals surface area (Å²) in [6.07, 6.45) is 0. The number of ether oxygens (including phenoxy) is 1. The predicted octanol–water partition coefficient (Wildman–Crippen LogP) is 0.870. The number of carboxylic acid groups (broad SMARTS) is 1. The summed E-state index contributed by atoms with van der Waals surface area (Å²) < 4.78 is 5.20. The van der Waals surface area contributed by atoms with E-state index in [2.05, 4.69) is 5.32 Å². The molecule has 0 aliphatic carbocycles. The molecule has 0 aromatic heterocycles. The van der Waals surface area contributed by atoms with Crippen LogP contribution in [-0.2, 0) is 4.79 Å². The molecular formula is C12H16N2O4. The highest BCUT2D eigenvalue weighted by Crippen LogP contribution is 2.19. The molecule has 0 aliphatic heterocycles.